The summed E-state index contributed by atoms with van der Waals surface area (Å²) in [6.45, 7) is 4.03. The van der Waals surface area contributed by atoms with E-state index in [0.717, 1.165) is 68.6 Å². The van der Waals surface area contributed by atoms with Gasteiger partial charge in [0, 0.05) is 18.5 Å². The average Bonchev–Trinajstić information content (AvgIpc) is 3.12. The van der Waals surface area contributed by atoms with Crippen LogP contribution in [0.4, 0.5) is 4.79 Å². The van der Waals surface area contributed by atoms with Crippen LogP contribution >= 0.6 is 0 Å². The average molecular weight is 416 g/mol. The summed E-state index contributed by atoms with van der Waals surface area (Å²) in [6, 6.07) is 5.64. The van der Waals surface area contributed by atoms with Crippen molar-refractivity contribution in [2.75, 3.05) is 19.8 Å². The first-order valence-corrected chi connectivity index (χ1v) is 11.4. The molecular formula is C23H33N3O4. The lowest BCUT2D eigenvalue weighted by Crippen LogP contribution is -2.51. The molecule has 2 fully saturated rings. The highest BCUT2D eigenvalue weighted by Crippen LogP contribution is 2.38. The second kappa shape index (κ2) is 9.69. The van der Waals surface area contributed by atoms with Gasteiger partial charge < -0.3 is 14.8 Å². The van der Waals surface area contributed by atoms with Crippen LogP contribution < -0.4 is 20.1 Å². The summed E-state index contributed by atoms with van der Waals surface area (Å²) in [7, 11) is 0. The van der Waals surface area contributed by atoms with Gasteiger partial charge in [-0.15, -0.1) is 0 Å². The van der Waals surface area contributed by atoms with E-state index in [1.165, 1.54) is 6.42 Å². The van der Waals surface area contributed by atoms with Gasteiger partial charge in [-0.2, -0.15) is 0 Å². The highest BCUT2D eigenvalue weighted by Gasteiger charge is 2.34. The molecule has 1 aromatic rings. The van der Waals surface area contributed by atoms with Crippen molar-refractivity contribution in [2.24, 2.45) is 0 Å². The number of amides is 3. The third kappa shape index (κ3) is 4.89. The molecule has 2 N–H and O–H groups in total. The Morgan fingerprint density at radius 3 is 2.57 bits per heavy atom. The molecule has 3 amide bonds. The van der Waals surface area contributed by atoms with Gasteiger partial charge in [-0.05, 0) is 56.8 Å². The van der Waals surface area contributed by atoms with Crippen LogP contribution in [0.1, 0.15) is 69.9 Å². The summed E-state index contributed by atoms with van der Waals surface area (Å²) in [6.07, 6.45) is 8.37. The van der Waals surface area contributed by atoms with E-state index < -0.39 is 0 Å². The number of hydrogen-bond acceptors (Lipinski definition) is 5. The fourth-order valence-electron chi connectivity index (χ4n) is 4.83. The molecule has 2 aliphatic heterocycles. The van der Waals surface area contributed by atoms with Crippen molar-refractivity contribution in [3.63, 3.8) is 0 Å². The maximum absolute atomic E-state index is 12.8. The van der Waals surface area contributed by atoms with Crippen LogP contribution in [0.5, 0.6) is 11.5 Å². The number of hydrogen-bond donors (Lipinski definition) is 2. The number of benzene rings is 1. The summed E-state index contributed by atoms with van der Waals surface area (Å²) in [5.41, 5.74) is 1.13. The van der Waals surface area contributed by atoms with E-state index in [1.807, 2.05) is 19.1 Å². The number of likely N-dealkylation sites (tertiary alicyclic amines) is 1. The summed E-state index contributed by atoms with van der Waals surface area (Å²) < 4.78 is 11.6. The molecule has 0 aromatic heterocycles. The minimum absolute atomic E-state index is 0.129. The van der Waals surface area contributed by atoms with Crippen LogP contribution in [-0.4, -0.2) is 48.7 Å². The molecule has 1 aromatic carbocycles. The molecule has 7 nitrogen and oxygen atoms in total. The smallest absolute Gasteiger partial charge is 0.321 e. The predicted octanol–water partition coefficient (Wildman–Crippen LogP) is 3.53. The van der Waals surface area contributed by atoms with Gasteiger partial charge in [0.2, 0.25) is 5.91 Å². The van der Waals surface area contributed by atoms with Gasteiger partial charge in [0.25, 0.3) is 0 Å². The van der Waals surface area contributed by atoms with Crippen LogP contribution in [0.2, 0.25) is 0 Å². The first kappa shape index (κ1) is 21.0. The van der Waals surface area contributed by atoms with E-state index in [2.05, 4.69) is 21.6 Å². The molecular weight excluding hydrogens is 382 g/mol. The van der Waals surface area contributed by atoms with Crippen molar-refractivity contribution in [1.82, 2.24) is 15.5 Å². The lowest BCUT2D eigenvalue weighted by Gasteiger charge is -2.30. The Labute approximate surface area is 178 Å². The van der Waals surface area contributed by atoms with Crippen molar-refractivity contribution in [1.29, 1.82) is 0 Å². The minimum Gasteiger partial charge on any atom is -0.490 e. The molecule has 1 saturated heterocycles. The SMILES string of the molecule is CC(C(=O)NC(=O)NC1CCCCC1)N1CCCC1c1ccc2c(c1)OCCCO2. The van der Waals surface area contributed by atoms with Crippen LogP contribution in [0.15, 0.2) is 18.2 Å². The Morgan fingerprint density at radius 1 is 1.00 bits per heavy atom. The number of nitrogens with one attached hydrogen (secondary N) is 2. The number of nitrogens with zero attached hydrogens (tertiary/aromatic N) is 1. The maximum Gasteiger partial charge on any atom is 0.321 e. The molecule has 2 atom stereocenters. The summed E-state index contributed by atoms with van der Waals surface area (Å²) in [5.74, 6) is 1.32. The van der Waals surface area contributed by atoms with Gasteiger partial charge in [0.1, 0.15) is 0 Å². The lowest BCUT2D eigenvalue weighted by molar-refractivity contribution is -0.125. The number of fused-ring (bicyclic) bond motifs is 1. The Hall–Kier alpha value is -2.28. The molecule has 2 heterocycles. The van der Waals surface area contributed by atoms with E-state index >= 15 is 0 Å². The highest BCUT2D eigenvalue weighted by molar-refractivity contribution is 5.96. The van der Waals surface area contributed by atoms with Gasteiger partial charge in [0.05, 0.1) is 19.3 Å². The molecule has 0 radical (unpaired) electrons. The van der Waals surface area contributed by atoms with Gasteiger partial charge in [-0.25, -0.2) is 4.79 Å². The molecule has 164 valence electrons. The quantitative estimate of drug-likeness (QED) is 0.786. The largest absolute Gasteiger partial charge is 0.490 e. The summed E-state index contributed by atoms with van der Waals surface area (Å²) in [5, 5.41) is 5.52. The summed E-state index contributed by atoms with van der Waals surface area (Å²) >= 11 is 0. The van der Waals surface area contributed by atoms with Crippen molar-refractivity contribution in [3.05, 3.63) is 23.8 Å². The number of carbonyl (C=O) groups is 2. The molecule has 1 aliphatic carbocycles. The van der Waals surface area contributed by atoms with Gasteiger partial charge in [-0.3, -0.25) is 15.0 Å². The van der Waals surface area contributed by atoms with Crippen LogP contribution in [0.25, 0.3) is 0 Å². The molecule has 3 aliphatic rings. The Morgan fingerprint density at radius 2 is 1.77 bits per heavy atom. The lowest BCUT2D eigenvalue weighted by atomic mass is 9.96. The first-order valence-electron chi connectivity index (χ1n) is 11.4. The predicted molar refractivity (Wildman–Crippen MR) is 114 cm³/mol. The standard InChI is InChI=1S/C23H33N3O4/c1-16(22(27)25-23(28)24-18-7-3-2-4-8-18)26-12-5-9-19(26)17-10-11-20-21(15-17)30-14-6-13-29-20/h10-11,15-16,18-19H,2-9,12-14H2,1H3,(H2,24,25,27,28). The van der Waals surface area contributed by atoms with E-state index in [1.54, 1.807) is 0 Å². The zero-order valence-electron chi connectivity index (χ0n) is 17.8. The van der Waals surface area contributed by atoms with Gasteiger partial charge in [0.15, 0.2) is 11.5 Å². The molecule has 0 spiro atoms. The maximum atomic E-state index is 12.8. The normalized spacial score (nSPS) is 23.4. The zero-order valence-corrected chi connectivity index (χ0v) is 17.8. The number of carbonyl (C=O) groups excluding carboxylic acids is 2. The van der Waals surface area contributed by atoms with Crippen LogP contribution in [0.3, 0.4) is 0 Å². The van der Waals surface area contributed by atoms with Crippen molar-refractivity contribution in [2.45, 2.75) is 76.4 Å². The topological polar surface area (TPSA) is 79.9 Å². The Balaban J connectivity index is 1.38. The second-order valence-corrected chi connectivity index (χ2v) is 8.63. The third-order valence-corrected chi connectivity index (χ3v) is 6.50. The van der Waals surface area contributed by atoms with E-state index in [9.17, 15) is 9.59 Å². The summed E-state index contributed by atoms with van der Waals surface area (Å²) in [4.78, 5) is 27.3. The molecule has 7 heteroatoms. The number of ether oxygens (including phenoxy) is 2. The second-order valence-electron chi connectivity index (χ2n) is 8.63. The molecule has 1 saturated carbocycles. The molecule has 30 heavy (non-hydrogen) atoms. The van der Waals surface area contributed by atoms with Crippen molar-refractivity contribution < 1.29 is 19.1 Å². The number of rotatable bonds is 4. The van der Waals surface area contributed by atoms with E-state index in [-0.39, 0.29) is 30.1 Å². The molecule has 0 bridgehead atoms. The molecule has 2 unspecified atom stereocenters. The number of urea groups is 1. The monoisotopic (exact) mass is 415 g/mol. The fraction of sp³-hybridized carbons (Fsp3) is 0.652. The van der Waals surface area contributed by atoms with E-state index in [4.69, 9.17) is 9.47 Å². The third-order valence-electron chi connectivity index (χ3n) is 6.50. The fourth-order valence-corrected chi connectivity index (χ4v) is 4.83. The van der Waals surface area contributed by atoms with Crippen molar-refractivity contribution >= 4 is 11.9 Å². The van der Waals surface area contributed by atoms with Gasteiger partial charge >= 0.3 is 6.03 Å². The zero-order chi connectivity index (χ0) is 20.9. The molecule has 4 rings (SSSR count). The van der Waals surface area contributed by atoms with Crippen LogP contribution in [0, 0.1) is 0 Å². The van der Waals surface area contributed by atoms with Crippen molar-refractivity contribution in [3.8, 4) is 11.5 Å². The van der Waals surface area contributed by atoms with Gasteiger partial charge in [-0.1, -0.05) is 25.3 Å². The Kier molecular flexibility index (Phi) is 6.77. The van der Waals surface area contributed by atoms with E-state index in [0.29, 0.717) is 13.2 Å². The highest BCUT2D eigenvalue weighted by atomic mass is 16.5. The van der Waals surface area contributed by atoms with Crippen LogP contribution in [-0.2, 0) is 4.79 Å². The Bertz CT molecular complexity index is 763. The number of imide groups is 1. The minimum atomic E-state index is -0.384. The first-order chi connectivity index (χ1) is 14.6.